The molecule has 0 saturated heterocycles. The second-order valence-electron chi connectivity index (χ2n) is 4.86. The van der Waals surface area contributed by atoms with Gasteiger partial charge >= 0.3 is 0 Å². The van der Waals surface area contributed by atoms with Gasteiger partial charge in [0.25, 0.3) is 0 Å². The maximum absolute atomic E-state index is 10.2. The van der Waals surface area contributed by atoms with Gasteiger partial charge in [0, 0.05) is 23.6 Å². The summed E-state index contributed by atoms with van der Waals surface area (Å²) >= 11 is 0. The zero-order chi connectivity index (χ0) is 11.9. The maximum Gasteiger partial charge on any atom is 0.0847 e. The molecule has 1 aromatic carbocycles. The molecule has 0 radical (unpaired) electrons. The molecule has 0 amide bonds. The predicted molar refractivity (Wildman–Crippen MR) is 67.6 cm³/mol. The van der Waals surface area contributed by atoms with Gasteiger partial charge in [-0.15, -0.1) is 0 Å². The molecule has 1 N–H and O–H groups in total. The van der Waals surface area contributed by atoms with Crippen molar-refractivity contribution in [2.24, 2.45) is 0 Å². The van der Waals surface area contributed by atoms with Crippen molar-refractivity contribution in [1.29, 1.82) is 0 Å². The van der Waals surface area contributed by atoms with Crippen LogP contribution in [0.3, 0.4) is 0 Å². The Bertz CT molecular complexity index is 517. The lowest BCUT2D eigenvalue weighted by Crippen LogP contribution is -2.15. The Labute approximate surface area is 96.5 Å². The van der Waals surface area contributed by atoms with Crippen molar-refractivity contribution in [3.05, 3.63) is 35.5 Å². The van der Waals surface area contributed by atoms with Crippen molar-refractivity contribution >= 4 is 10.9 Å². The highest BCUT2D eigenvalue weighted by Crippen LogP contribution is 2.31. The summed E-state index contributed by atoms with van der Waals surface area (Å²) in [4.78, 5) is 0. The lowest BCUT2D eigenvalue weighted by molar-refractivity contribution is 0.0802. The minimum Gasteiger partial charge on any atom is -0.386 e. The van der Waals surface area contributed by atoms with Crippen molar-refractivity contribution in [2.75, 3.05) is 0 Å². The second-order valence-corrected chi connectivity index (χ2v) is 4.86. The highest BCUT2D eigenvalue weighted by Gasteiger charge is 2.21. The molecule has 0 aliphatic heterocycles. The smallest absolute Gasteiger partial charge is 0.0847 e. The number of aromatic nitrogens is 1. The quantitative estimate of drug-likeness (QED) is 0.821. The molecule has 16 heavy (non-hydrogen) atoms. The van der Waals surface area contributed by atoms with Gasteiger partial charge < -0.3 is 9.67 Å². The van der Waals surface area contributed by atoms with Crippen LogP contribution in [0.15, 0.2) is 24.4 Å². The maximum atomic E-state index is 10.2. The van der Waals surface area contributed by atoms with Gasteiger partial charge in [0.15, 0.2) is 0 Å². The largest absolute Gasteiger partial charge is 0.386 e. The Morgan fingerprint density at radius 1 is 1.31 bits per heavy atom. The Morgan fingerprint density at radius 2 is 2.00 bits per heavy atom. The molecule has 1 aromatic heterocycles. The van der Waals surface area contributed by atoms with Crippen LogP contribution in [0.5, 0.6) is 0 Å². The molecule has 1 heterocycles. The summed E-state index contributed by atoms with van der Waals surface area (Å²) in [6.45, 7) is 8.87. The molecular weight excluding hydrogens is 198 g/mol. The molecule has 2 nitrogen and oxygen atoms in total. The summed E-state index contributed by atoms with van der Waals surface area (Å²) in [5.74, 6) is 0. The number of benzene rings is 1. The van der Waals surface area contributed by atoms with E-state index < -0.39 is 5.60 Å². The standard InChI is InChI=1S/C14H19NO/c1-5-15-9-10(2)13-11(14(3,4)16)7-6-8-12(13)15/h6-9,16H,5H2,1-4H3. The predicted octanol–water partition coefficient (Wildman–Crippen LogP) is 3.20. The number of rotatable bonds is 2. The second kappa shape index (κ2) is 3.63. The van der Waals surface area contributed by atoms with Crippen LogP contribution >= 0.6 is 0 Å². The first-order valence-corrected chi connectivity index (χ1v) is 5.76. The Hall–Kier alpha value is -1.28. The Balaban J connectivity index is 2.83. The molecular formula is C14H19NO. The third-order valence-corrected chi connectivity index (χ3v) is 3.10. The first-order valence-electron chi connectivity index (χ1n) is 5.76. The first kappa shape index (κ1) is 11.2. The van der Waals surface area contributed by atoms with Crippen LogP contribution in [0.4, 0.5) is 0 Å². The van der Waals surface area contributed by atoms with E-state index >= 15 is 0 Å². The van der Waals surface area contributed by atoms with E-state index in [4.69, 9.17) is 0 Å². The summed E-state index contributed by atoms with van der Waals surface area (Å²) < 4.78 is 2.22. The highest BCUT2D eigenvalue weighted by molar-refractivity contribution is 5.87. The summed E-state index contributed by atoms with van der Waals surface area (Å²) in [6.07, 6.45) is 2.15. The topological polar surface area (TPSA) is 25.2 Å². The zero-order valence-electron chi connectivity index (χ0n) is 10.4. The zero-order valence-corrected chi connectivity index (χ0v) is 10.4. The van der Waals surface area contributed by atoms with Gasteiger partial charge in [-0.05, 0) is 44.9 Å². The SMILES string of the molecule is CCn1cc(C)c2c(C(C)(C)O)cccc21. The van der Waals surface area contributed by atoms with Crippen LogP contribution in [0.1, 0.15) is 31.9 Å². The van der Waals surface area contributed by atoms with Crippen LogP contribution in [0, 0.1) is 6.92 Å². The van der Waals surface area contributed by atoms with Gasteiger partial charge in [-0.25, -0.2) is 0 Å². The molecule has 0 unspecified atom stereocenters. The summed E-state index contributed by atoms with van der Waals surface area (Å²) in [5.41, 5.74) is 2.66. The number of hydrogen-bond acceptors (Lipinski definition) is 1. The van der Waals surface area contributed by atoms with Gasteiger partial charge in [0.2, 0.25) is 0 Å². The van der Waals surface area contributed by atoms with Gasteiger partial charge in [0.05, 0.1) is 5.60 Å². The number of fused-ring (bicyclic) bond motifs is 1. The summed E-state index contributed by atoms with van der Waals surface area (Å²) in [5, 5.41) is 11.4. The number of hydrogen-bond donors (Lipinski definition) is 1. The number of nitrogens with zero attached hydrogens (tertiary/aromatic N) is 1. The fourth-order valence-electron chi connectivity index (χ4n) is 2.33. The van der Waals surface area contributed by atoms with Crippen molar-refractivity contribution < 1.29 is 5.11 Å². The monoisotopic (exact) mass is 217 g/mol. The molecule has 0 fully saturated rings. The molecule has 0 saturated carbocycles. The van der Waals surface area contributed by atoms with Crippen LogP contribution in [-0.4, -0.2) is 9.67 Å². The average Bonchev–Trinajstić information content (AvgIpc) is 2.54. The Kier molecular flexibility index (Phi) is 2.55. The van der Waals surface area contributed by atoms with E-state index in [0.29, 0.717) is 0 Å². The van der Waals surface area contributed by atoms with Crippen LogP contribution in [-0.2, 0) is 12.1 Å². The van der Waals surface area contributed by atoms with Gasteiger partial charge in [0.1, 0.15) is 0 Å². The molecule has 0 aliphatic rings. The van der Waals surface area contributed by atoms with E-state index in [-0.39, 0.29) is 0 Å². The molecule has 0 spiro atoms. The van der Waals surface area contributed by atoms with Gasteiger partial charge in [-0.2, -0.15) is 0 Å². The van der Waals surface area contributed by atoms with E-state index in [0.717, 1.165) is 12.1 Å². The lowest BCUT2D eigenvalue weighted by atomic mass is 9.93. The Morgan fingerprint density at radius 3 is 2.56 bits per heavy atom. The normalized spacial score (nSPS) is 12.3. The van der Waals surface area contributed by atoms with Crippen LogP contribution in [0.25, 0.3) is 10.9 Å². The van der Waals surface area contributed by atoms with Gasteiger partial charge in [-0.1, -0.05) is 12.1 Å². The average molecular weight is 217 g/mol. The van der Waals surface area contributed by atoms with Crippen molar-refractivity contribution in [3.8, 4) is 0 Å². The summed E-state index contributed by atoms with van der Waals surface area (Å²) in [6, 6.07) is 6.14. The van der Waals surface area contributed by atoms with E-state index in [1.807, 2.05) is 26.0 Å². The highest BCUT2D eigenvalue weighted by atomic mass is 16.3. The minimum atomic E-state index is -0.788. The molecule has 0 atom stereocenters. The first-order chi connectivity index (χ1) is 7.45. The van der Waals surface area contributed by atoms with Crippen LogP contribution in [0.2, 0.25) is 0 Å². The van der Waals surface area contributed by atoms with E-state index in [1.54, 1.807) is 0 Å². The van der Waals surface area contributed by atoms with E-state index in [9.17, 15) is 5.11 Å². The number of aryl methyl sites for hydroxylation is 2. The fraction of sp³-hybridized carbons (Fsp3) is 0.429. The van der Waals surface area contributed by atoms with E-state index in [2.05, 4.69) is 30.7 Å². The van der Waals surface area contributed by atoms with E-state index in [1.165, 1.54) is 16.5 Å². The van der Waals surface area contributed by atoms with Crippen molar-refractivity contribution in [3.63, 3.8) is 0 Å². The third kappa shape index (κ3) is 1.63. The molecule has 0 aliphatic carbocycles. The van der Waals surface area contributed by atoms with Crippen molar-refractivity contribution in [2.45, 2.75) is 39.8 Å². The molecule has 2 aromatic rings. The molecule has 86 valence electrons. The minimum absolute atomic E-state index is 0.788. The van der Waals surface area contributed by atoms with Crippen molar-refractivity contribution in [1.82, 2.24) is 4.57 Å². The fourth-order valence-corrected chi connectivity index (χ4v) is 2.33. The third-order valence-electron chi connectivity index (χ3n) is 3.10. The summed E-state index contributed by atoms with van der Waals surface area (Å²) in [7, 11) is 0. The molecule has 2 rings (SSSR count). The number of aliphatic hydroxyl groups is 1. The van der Waals surface area contributed by atoms with Crippen LogP contribution < -0.4 is 0 Å². The molecule has 2 heteroatoms. The van der Waals surface area contributed by atoms with Gasteiger partial charge in [-0.3, -0.25) is 0 Å². The molecule has 0 bridgehead atoms. The lowest BCUT2D eigenvalue weighted by Gasteiger charge is -2.19.